The Morgan fingerprint density at radius 2 is 1.89 bits per heavy atom. The molecule has 1 fully saturated rings. The monoisotopic (exact) mass is 368 g/mol. The van der Waals surface area contributed by atoms with E-state index < -0.39 is 0 Å². The van der Waals surface area contributed by atoms with Gasteiger partial charge in [0.2, 0.25) is 11.8 Å². The molecule has 0 bridgehead atoms. The fraction of sp³-hybridized carbons (Fsp3) is 0.565. The first kappa shape index (κ1) is 19.7. The Morgan fingerprint density at radius 1 is 1.07 bits per heavy atom. The maximum Gasteiger partial charge on any atom is 0.222 e. The zero-order valence-corrected chi connectivity index (χ0v) is 16.3. The number of likely N-dealkylation sites (tertiary alicyclic amines) is 1. The van der Waals surface area contributed by atoms with Crippen molar-refractivity contribution in [1.29, 1.82) is 0 Å². The van der Waals surface area contributed by atoms with Gasteiger partial charge < -0.3 is 10.2 Å². The highest BCUT2D eigenvalue weighted by atomic mass is 16.2. The number of hydrogen-bond donors (Lipinski definition) is 1. The molecule has 1 heterocycles. The summed E-state index contributed by atoms with van der Waals surface area (Å²) in [7, 11) is 0. The number of amides is 2. The first-order valence-corrected chi connectivity index (χ1v) is 10.5. The molecule has 1 N–H and O–H groups in total. The molecule has 146 valence electrons. The van der Waals surface area contributed by atoms with Crippen molar-refractivity contribution in [2.45, 2.75) is 57.8 Å². The lowest BCUT2D eigenvalue weighted by Crippen LogP contribution is -2.40. The van der Waals surface area contributed by atoms with E-state index in [0.29, 0.717) is 19.4 Å². The number of piperidine rings is 1. The van der Waals surface area contributed by atoms with Crippen LogP contribution in [0.2, 0.25) is 0 Å². The van der Waals surface area contributed by atoms with E-state index in [1.165, 1.54) is 30.4 Å². The topological polar surface area (TPSA) is 49.4 Å². The molecule has 1 aliphatic carbocycles. The molecule has 1 aliphatic heterocycles. The molecule has 4 nitrogen and oxygen atoms in total. The second-order valence-electron chi connectivity index (χ2n) is 7.80. The van der Waals surface area contributed by atoms with Crippen LogP contribution in [0.25, 0.3) is 0 Å². The van der Waals surface area contributed by atoms with Crippen LogP contribution < -0.4 is 5.32 Å². The summed E-state index contributed by atoms with van der Waals surface area (Å²) in [5.41, 5.74) is 2.72. The number of fused-ring (bicyclic) bond motifs is 1. The molecular weight excluding hydrogens is 336 g/mol. The highest BCUT2D eigenvalue weighted by Crippen LogP contribution is 2.32. The molecule has 1 aromatic carbocycles. The highest BCUT2D eigenvalue weighted by Gasteiger charge is 2.27. The SMILES string of the molecule is O=C(CCCCC(=O)N1CCC2CCCC=C2C1)NCCc1ccccc1. The molecule has 0 spiro atoms. The van der Waals surface area contributed by atoms with Crippen molar-refractivity contribution in [3.05, 3.63) is 47.5 Å². The van der Waals surface area contributed by atoms with Gasteiger partial charge >= 0.3 is 0 Å². The molecule has 2 amide bonds. The smallest absolute Gasteiger partial charge is 0.222 e. The number of unbranched alkanes of at least 4 members (excludes halogenated alkanes) is 1. The van der Waals surface area contributed by atoms with Crippen molar-refractivity contribution in [3.63, 3.8) is 0 Å². The average molecular weight is 369 g/mol. The standard InChI is InChI=1S/C23H32N2O2/c26-22(24-16-14-19-8-2-1-3-9-19)12-6-7-13-23(27)25-17-15-20-10-4-5-11-21(20)18-25/h1-3,8-9,11,20H,4-7,10,12-18H2,(H,24,26). The minimum absolute atomic E-state index is 0.0894. The lowest BCUT2D eigenvalue weighted by molar-refractivity contribution is -0.132. The molecule has 1 aromatic rings. The predicted molar refractivity (Wildman–Crippen MR) is 108 cm³/mol. The number of benzene rings is 1. The maximum absolute atomic E-state index is 12.4. The van der Waals surface area contributed by atoms with Gasteiger partial charge in [0.05, 0.1) is 0 Å². The molecule has 1 saturated heterocycles. The second-order valence-corrected chi connectivity index (χ2v) is 7.80. The van der Waals surface area contributed by atoms with Crippen LogP contribution in [-0.4, -0.2) is 36.3 Å². The predicted octanol–water partition coefficient (Wildman–Crippen LogP) is 3.86. The molecule has 0 aromatic heterocycles. The van der Waals surface area contributed by atoms with Gasteiger partial charge in [-0.2, -0.15) is 0 Å². The third kappa shape index (κ3) is 6.23. The van der Waals surface area contributed by atoms with Gasteiger partial charge in [0, 0.05) is 32.5 Å². The lowest BCUT2D eigenvalue weighted by atomic mass is 9.82. The Kier molecular flexibility index (Phi) is 7.49. The van der Waals surface area contributed by atoms with Gasteiger partial charge in [-0.25, -0.2) is 0 Å². The molecule has 1 unspecified atom stereocenters. The number of hydrogen-bond acceptors (Lipinski definition) is 2. The summed E-state index contributed by atoms with van der Waals surface area (Å²) in [6.07, 6.45) is 10.8. The number of nitrogens with zero attached hydrogens (tertiary/aromatic N) is 1. The first-order valence-electron chi connectivity index (χ1n) is 10.5. The summed E-state index contributed by atoms with van der Waals surface area (Å²) in [4.78, 5) is 26.4. The Balaban J connectivity index is 1.26. The summed E-state index contributed by atoms with van der Waals surface area (Å²) < 4.78 is 0. The number of carbonyl (C=O) groups excluding carboxylic acids is 2. The van der Waals surface area contributed by atoms with Gasteiger partial charge in [-0.3, -0.25) is 9.59 Å². The summed E-state index contributed by atoms with van der Waals surface area (Å²) in [6, 6.07) is 10.2. The Morgan fingerprint density at radius 3 is 2.74 bits per heavy atom. The minimum atomic E-state index is 0.0894. The summed E-state index contributed by atoms with van der Waals surface area (Å²) in [5.74, 6) is 1.07. The maximum atomic E-state index is 12.4. The third-order valence-corrected chi connectivity index (χ3v) is 5.78. The second kappa shape index (κ2) is 10.3. The van der Waals surface area contributed by atoms with Gasteiger partial charge in [-0.05, 0) is 56.4 Å². The molecule has 1 atom stereocenters. The Hall–Kier alpha value is -2.10. The van der Waals surface area contributed by atoms with E-state index in [9.17, 15) is 9.59 Å². The summed E-state index contributed by atoms with van der Waals surface area (Å²) in [6.45, 7) is 2.41. The van der Waals surface area contributed by atoms with E-state index in [-0.39, 0.29) is 11.8 Å². The van der Waals surface area contributed by atoms with Crippen molar-refractivity contribution in [1.82, 2.24) is 10.2 Å². The van der Waals surface area contributed by atoms with Gasteiger partial charge in [0.25, 0.3) is 0 Å². The molecule has 3 rings (SSSR count). The van der Waals surface area contributed by atoms with Gasteiger partial charge in [0.1, 0.15) is 0 Å². The molecule has 4 heteroatoms. The van der Waals surface area contributed by atoms with Crippen molar-refractivity contribution in [2.75, 3.05) is 19.6 Å². The van der Waals surface area contributed by atoms with Crippen molar-refractivity contribution >= 4 is 11.8 Å². The van der Waals surface area contributed by atoms with Crippen LogP contribution >= 0.6 is 0 Å². The summed E-state index contributed by atoms with van der Waals surface area (Å²) in [5, 5.41) is 2.97. The van der Waals surface area contributed by atoms with E-state index in [4.69, 9.17) is 0 Å². The van der Waals surface area contributed by atoms with E-state index in [1.807, 2.05) is 23.1 Å². The zero-order valence-electron chi connectivity index (χ0n) is 16.3. The van der Waals surface area contributed by atoms with Crippen LogP contribution in [0.1, 0.15) is 56.9 Å². The van der Waals surface area contributed by atoms with Crippen LogP contribution in [-0.2, 0) is 16.0 Å². The quantitative estimate of drug-likeness (QED) is 0.559. The van der Waals surface area contributed by atoms with Crippen LogP contribution in [0, 0.1) is 5.92 Å². The largest absolute Gasteiger partial charge is 0.356 e. The fourth-order valence-corrected chi connectivity index (χ4v) is 4.15. The Bertz CT molecular complexity index is 654. The van der Waals surface area contributed by atoms with Gasteiger partial charge in [-0.1, -0.05) is 42.0 Å². The van der Waals surface area contributed by atoms with E-state index in [2.05, 4.69) is 23.5 Å². The Labute approximate surface area is 163 Å². The summed E-state index contributed by atoms with van der Waals surface area (Å²) >= 11 is 0. The van der Waals surface area contributed by atoms with Crippen molar-refractivity contribution < 1.29 is 9.59 Å². The molecule has 0 saturated carbocycles. The first-order chi connectivity index (χ1) is 13.2. The van der Waals surface area contributed by atoms with Crippen LogP contribution in [0.15, 0.2) is 42.0 Å². The van der Waals surface area contributed by atoms with E-state index >= 15 is 0 Å². The van der Waals surface area contributed by atoms with Crippen LogP contribution in [0.5, 0.6) is 0 Å². The van der Waals surface area contributed by atoms with Crippen LogP contribution in [0.3, 0.4) is 0 Å². The van der Waals surface area contributed by atoms with Gasteiger partial charge in [-0.15, -0.1) is 0 Å². The lowest BCUT2D eigenvalue weighted by Gasteiger charge is -2.36. The number of rotatable bonds is 8. The molecular formula is C23H32N2O2. The zero-order chi connectivity index (χ0) is 18.9. The molecule has 2 aliphatic rings. The third-order valence-electron chi connectivity index (χ3n) is 5.78. The molecule has 0 radical (unpaired) electrons. The molecule has 27 heavy (non-hydrogen) atoms. The van der Waals surface area contributed by atoms with Crippen LogP contribution in [0.4, 0.5) is 0 Å². The number of allylic oxidation sites excluding steroid dienone is 1. The fourth-order valence-electron chi connectivity index (χ4n) is 4.15. The van der Waals surface area contributed by atoms with E-state index in [0.717, 1.165) is 44.7 Å². The number of nitrogens with one attached hydrogen (secondary N) is 1. The number of carbonyl (C=O) groups is 2. The normalized spacial score (nSPS) is 19.2. The van der Waals surface area contributed by atoms with Gasteiger partial charge in [0.15, 0.2) is 0 Å². The highest BCUT2D eigenvalue weighted by molar-refractivity contribution is 5.77. The van der Waals surface area contributed by atoms with Crippen molar-refractivity contribution in [2.24, 2.45) is 5.92 Å². The minimum Gasteiger partial charge on any atom is -0.356 e. The van der Waals surface area contributed by atoms with Crippen molar-refractivity contribution in [3.8, 4) is 0 Å². The van der Waals surface area contributed by atoms with E-state index in [1.54, 1.807) is 0 Å². The average Bonchev–Trinajstić information content (AvgIpc) is 2.71.